The van der Waals surface area contributed by atoms with Gasteiger partial charge in [0.2, 0.25) is 0 Å². The maximum Gasteiger partial charge on any atom is 0.415 e. The Morgan fingerprint density at radius 3 is 1.72 bits per heavy atom. The number of nitrogens with one attached hydrogen (secondary N) is 1. The lowest BCUT2D eigenvalue weighted by molar-refractivity contribution is 0.0964. The Morgan fingerprint density at radius 1 is 0.642 bits per heavy atom. The lowest BCUT2D eigenvalue weighted by Crippen LogP contribution is -2.50. The Hall–Kier alpha value is -4.38. The van der Waals surface area contributed by atoms with E-state index in [1.165, 1.54) is 39.1 Å². The molecule has 1 N–H and O–H groups in total. The number of amides is 1. The first-order valence-electron chi connectivity index (χ1n) is 18.5. The molecule has 0 unspecified atom stereocenters. The number of halogens is 2. The Labute approximate surface area is 320 Å². The number of pyridine rings is 3. The summed E-state index contributed by atoms with van der Waals surface area (Å²) in [5.74, 6) is 0.461. The molecule has 272 valence electrons. The fraction of sp³-hybridized carbons (Fsp3) is 0.333. The Bertz CT molecular complexity index is 2050. The van der Waals surface area contributed by atoms with Crippen molar-refractivity contribution in [3.8, 4) is 5.75 Å². The van der Waals surface area contributed by atoms with Crippen LogP contribution in [-0.2, 0) is 25.7 Å². The third kappa shape index (κ3) is 7.95. The molecule has 3 aromatic heterocycles. The molecule has 2 saturated heterocycles. The minimum absolute atomic E-state index is 0.0578. The molecule has 0 spiro atoms. The van der Waals surface area contributed by atoms with Gasteiger partial charge in [0, 0.05) is 81.0 Å². The summed E-state index contributed by atoms with van der Waals surface area (Å²) in [5, 5.41) is 5.04. The van der Waals surface area contributed by atoms with E-state index in [0.29, 0.717) is 18.8 Å². The average molecular weight is 749 g/mol. The highest BCUT2D eigenvalue weighted by Gasteiger charge is 2.34. The number of ether oxygens (including phenoxy) is 1. The van der Waals surface area contributed by atoms with Crippen molar-refractivity contribution in [1.82, 2.24) is 35.0 Å². The number of benzene rings is 2. The predicted molar refractivity (Wildman–Crippen MR) is 208 cm³/mol. The van der Waals surface area contributed by atoms with Crippen LogP contribution in [0.5, 0.6) is 5.75 Å². The summed E-state index contributed by atoms with van der Waals surface area (Å²) in [4.78, 5) is 32.8. The highest BCUT2D eigenvalue weighted by Crippen LogP contribution is 2.38. The van der Waals surface area contributed by atoms with Crippen LogP contribution in [0.2, 0.25) is 10.0 Å². The molecule has 0 bridgehead atoms. The van der Waals surface area contributed by atoms with Gasteiger partial charge in [-0.1, -0.05) is 47.5 Å². The minimum Gasteiger partial charge on any atom is -0.409 e. The van der Waals surface area contributed by atoms with E-state index in [9.17, 15) is 4.79 Å². The Kier molecular flexibility index (Phi) is 11.0. The molecule has 53 heavy (non-hydrogen) atoms. The number of rotatable bonds is 3. The zero-order valence-electron chi connectivity index (χ0n) is 29.6. The van der Waals surface area contributed by atoms with Crippen molar-refractivity contribution in [1.29, 1.82) is 0 Å². The van der Waals surface area contributed by atoms with Gasteiger partial charge in [-0.3, -0.25) is 24.8 Å². The van der Waals surface area contributed by atoms with E-state index in [4.69, 9.17) is 37.9 Å². The second kappa shape index (κ2) is 16.3. The third-order valence-electron chi connectivity index (χ3n) is 10.8. The van der Waals surface area contributed by atoms with E-state index in [1.807, 2.05) is 30.6 Å². The second-order valence-electron chi connectivity index (χ2n) is 14.0. The number of hydrogen-bond donors (Lipinski definition) is 1. The van der Waals surface area contributed by atoms with Crippen LogP contribution in [0.25, 0.3) is 0 Å². The van der Waals surface area contributed by atoms with Crippen molar-refractivity contribution < 1.29 is 9.53 Å². The molecule has 2 aliphatic heterocycles. The molecule has 4 aliphatic rings. The highest BCUT2D eigenvalue weighted by molar-refractivity contribution is 6.31. The van der Waals surface area contributed by atoms with Gasteiger partial charge in [-0.25, -0.2) is 4.79 Å². The molecular formula is C42H43Cl2N7O2. The van der Waals surface area contributed by atoms with E-state index in [-0.39, 0.29) is 18.2 Å². The SMILES string of the molecule is Clc1ccc2c(c1)CCc1cccnc1[C@H]2N1CCNCC1.O=C(Oc1cccnc1)N1CCN([C@H]2c3ccc(Cl)cc3CCc3cccnc32)CC1. The predicted octanol–water partition coefficient (Wildman–Crippen LogP) is 6.96. The highest BCUT2D eigenvalue weighted by atomic mass is 35.5. The minimum atomic E-state index is -0.334. The maximum atomic E-state index is 12.6. The molecule has 2 aliphatic carbocycles. The van der Waals surface area contributed by atoms with Gasteiger partial charge in [0.25, 0.3) is 0 Å². The molecule has 5 heterocycles. The lowest BCUT2D eigenvalue weighted by Gasteiger charge is -2.39. The van der Waals surface area contributed by atoms with Gasteiger partial charge in [0.05, 0.1) is 29.7 Å². The van der Waals surface area contributed by atoms with Crippen LogP contribution < -0.4 is 10.1 Å². The molecule has 0 saturated carbocycles. The van der Waals surface area contributed by atoms with E-state index in [1.54, 1.807) is 29.4 Å². The summed E-state index contributed by atoms with van der Waals surface area (Å²) >= 11 is 12.5. The van der Waals surface area contributed by atoms with Crippen LogP contribution >= 0.6 is 23.2 Å². The monoisotopic (exact) mass is 747 g/mol. The van der Waals surface area contributed by atoms with Gasteiger partial charge in [-0.15, -0.1) is 0 Å². The summed E-state index contributed by atoms with van der Waals surface area (Å²) in [6.07, 6.45) is 10.6. The normalized spacial score (nSPS) is 19.9. The van der Waals surface area contributed by atoms with E-state index < -0.39 is 0 Å². The largest absolute Gasteiger partial charge is 0.415 e. The first kappa shape index (κ1) is 35.6. The Balaban J connectivity index is 0.000000160. The molecule has 0 radical (unpaired) electrons. The molecule has 2 fully saturated rings. The molecule has 9 nitrogen and oxygen atoms in total. The summed E-state index contributed by atoms with van der Waals surface area (Å²) in [6, 6.07) is 24.8. The zero-order valence-corrected chi connectivity index (χ0v) is 31.1. The molecular weight excluding hydrogens is 705 g/mol. The van der Waals surface area contributed by atoms with Crippen LogP contribution in [0.1, 0.15) is 56.9 Å². The van der Waals surface area contributed by atoms with Crippen molar-refractivity contribution in [3.05, 3.63) is 152 Å². The molecule has 1 amide bonds. The number of piperazine rings is 2. The van der Waals surface area contributed by atoms with Crippen LogP contribution in [-0.4, -0.2) is 88.1 Å². The first-order chi connectivity index (χ1) is 26.0. The van der Waals surface area contributed by atoms with Crippen molar-refractivity contribution in [3.63, 3.8) is 0 Å². The maximum absolute atomic E-state index is 12.6. The van der Waals surface area contributed by atoms with E-state index in [0.717, 1.165) is 80.7 Å². The van der Waals surface area contributed by atoms with Gasteiger partial charge in [-0.2, -0.15) is 0 Å². The number of carbonyl (C=O) groups excluding carboxylic acids is 1. The van der Waals surface area contributed by atoms with Crippen LogP contribution in [0, 0.1) is 0 Å². The molecule has 9 rings (SSSR count). The molecule has 5 aromatic rings. The number of nitrogens with zero attached hydrogens (tertiary/aromatic N) is 6. The van der Waals surface area contributed by atoms with Gasteiger partial charge in [-0.05, 0) is 108 Å². The number of fused-ring (bicyclic) bond motifs is 4. The number of hydrogen-bond acceptors (Lipinski definition) is 8. The summed E-state index contributed by atoms with van der Waals surface area (Å²) in [7, 11) is 0. The van der Waals surface area contributed by atoms with Gasteiger partial charge >= 0.3 is 6.09 Å². The van der Waals surface area contributed by atoms with E-state index >= 15 is 0 Å². The van der Waals surface area contributed by atoms with Crippen LogP contribution in [0.15, 0.2) is 97.6 Å². The molecule has 2 atom stereocenters. The average Bonchev–Trinajstić information content (AvgIpc) is 3.46. The number of carbonyl (C=O) groups is 1. The van der Waals surface area contributed by atoms with Crippen molar-refractivity contribution in [2.45, 2.75) is 37.8 Å². The van der Waals surface area contributed by atoms with Gasteiger partial charge < -0.3 is 15.0 Å². The topological polar surface area (TPSA) is 86.7 Å². The molecule has 2 aromatic carbocycles. The van der Waals surface area contributed by atoms with Crippen molar-refractivity contribution >= 4 is 29.3 Å². The van der Waals surface area contributed by atoms with Crippen LogP contribution in [0.4, 0.5) is 4.79 Å². The van der Waals surface area contributed by atoms with Gasteiger partial charge in [0.15, 0.2) is 5.75 Å². The van der Waals surface area contributed by atoms with Crippen LogP contribution in [0.3, 0.4) is 0 Å². The smallest absolute Gasteiger partial charge is 0.409 e. The second-order valence-corrected chi connectivity index (χ2v) is 14.8. The Morgan fingerprint density at radius 2 is 1.17 bits per heavy atom. The van der Waals surface area contributed by atoms with Crippen molar-refractivity contribution in [2.24, 2.45) is 0 Å². The first-order valence-corrected chi connectivity index (χ1v) is 19.3. The fourth-order valence-corrected chi connectivity index (χ4v) is 8.57. The number of aromatic nitrogens is 3. The van der Waals surface area contributed by atoms with Gasteiger partial charge in [0.1, 0.15) is 0 Å². The summed E-state index contributed by atoms with van der Waals surface area (Å²) in [5.41, 5.74) is 10.3. The molecule has 11 heteroatoms. The number of aryl methyl sites for hydroxylation is 4. The fourth-order valence-electron chi connectivity index (χ4n) is 8.18. The summed E-state index contributed by atoms with van der Waals surface area (Å²) in [6.45, 7) is 6.88. The van der Waals surface area contributed by atoms with Crippen molar-refractivity contribution in [2.75, 3.05) is 52.4 Å². The third-order valence-corrected chi connectivity index (χ3v) is 11.3. The zero-order chi connectivity index (χ0) is 36.1. The summed E-state index contributed by atoms with van der Waals surface area (Å²) < 4.78 is 5.46. The quantitative estimate of drug-likeness (QED) is 0.212. The standard InChI is InChI=1S/C24H23ClN4O2.C18H20ClN3/c25-19-7-8-21-18(15-19)6-5-17-3-1-10-27-22(17)23(21)28-11-13-29(14-12-28)24(30)31-20-4-2-9-26-16-20;19-15-5-6-16-14(12-15)4-3-13-2-1-7-21-17(13)18(16)22-10-8-20-9-11-22/h1-4,7-10,15-16,23H,5-6,11-14H2;1-2,5-7,12,18,20H,3-4,8-11H2/t23-;18-/m00/s1. The lowest BCUT2D eigenvalue weighted by atomic mass is 9.96. The van der Waals surface area contributed by atoms with E-state index in [2.05, 4.69) is 62.6 Å².